The Balaban J connectivity index is 0.000000681. The summed E-state index contributed by atoms with van der Waals surface area (Å²) in [5.41, 5.74) is 3.55. The van der Waals surface area contributed by atoms with Crippen molar-refractivity contribution in [3.05, 3.63) is 58.6 Å². The molecular formula is C20H25Cl3N2O2. The predicted octanol–water partition coefficient (Wildman–Crippen LogP) is 5.36. The van der Waals surface area contributed by atoms with Crippen LogP contribution in [0.25, 0.3) is 0 Å². The first kappa shape index (κ1) is 10.1. The van der Waals surface area contributed by atoms with Gasteiger partial charge >= 0.3 is 0 Å². The number of aryl methyl sites for hydroxylation is 4. The van der Waals surface area contributed by atoms with Crippen LogP contribution in [-0.2, 0) is 9.59 Å². The van der Waals surface area contributed by atoms with Crippen LogP contribution in [0.4, 0.5) is 11.4 Å². The fourth-order valence-electron chi connectivity index (χ4n) is 1.31. The molecule has 2 rings (SSSR count). The van der Waals surface area contributed by atoms with E-state index >= 15 is 0 Å². The highest BCUT2D eigenvalue weighted by Crippen LogP contribution is 2.19. The van der Waals surface area contributed by atoms with E-state index in [0.717, 1.165) is 24.3 Å². The molecule has 7 heteroatoms. The Morgan fingerprint density at radius 2 is 1.37 bits per heavy atom. The third-order valence-electron chi connectivity index (χ3n) is 2.52. The van der Waals surface area contributed by atoms with Crippen LogP contribution in [0.3, 0.4) is 0 Å². The second-order valence-corrected chi connectivity index (χ2v) is 5.48. The molecule has 1 amide bonds. The van der Waals surface area contributed by atoms with Gasteiger partial charge in [0.1, 0.15) is 5.88 Å². The van der Waals surface area contributed by atoms with Crippen LogP contribution in [0, 0.1) is 27.4 Å². The number of nitrogens with two attached hydrogens (primary N) is 1. The maximum absolute atomic E-state index is 11.4. The van der Waals surface area contributed by atoms with E-state index in [0.29, 0.717) is 0 Å². The van der Waals surface area contributed by atoms with E-state index in [2.05, 4.69) is 5.32 Å². The zero-order valence-corrected chi connectivity index (χ0v) is 16.0. The van der Waals surface area contributed by atoms with Crippen molar-refractivity contribution in [1.29, 1.82) is 0 Å². The summed E-state index contributed by atoms with van der Waals surface area (Å²) in [5.74, 6) is -1.26. The molecule has 2 aromatic carbocycles. The van der Waals surface area contributed by atoms with Gasteiger partial charge in [0.25, 0.3) is 0 Å². The summed E-state index contributed by atoms with van der Waals surface area (Å²) < 4.78 is 102. The molecule has 0 saturated carbocycles. The van der Waals surface area contributed by atoms with E-state index in [1.165, 1.54) is 0 Å². The Labute approximate surface area is 195 Å². The van der Waals surface area contributed by atoms with E-state index in [1.807, 2.05) is 0 Å². The number of anilines is 2. The third kappa shape index (κ3) is 10.2. The number of para-hydroxylation sites is 2. The van der Waals surface area contributed by atoms with Gasteiger partial charge in [-0.2, -0.15) is 0 Å². The van der Waals surface area contributed by atoms with Crippen molar-refractivity contribution in [2.24, 2.45) is 0 Å². The van der Waals surface area contributed by atoms with Crippen LogP contribution in [0.2, 0.25) is 0 Å². The number of amides is 1. The summed E-state index contributed by atoms with van der Waals surface area (Å²) in [6.07, 6.45) is 0. The number of hydrogen-bond donors (Lipinski definition) is 2. The van der Waals surface area contributed by atoms with Gasteiger partial charge in [0.05, 0.1) is 8.62 Å². The molecule has 0 spiro atoms. The molecule has 0 aliphatic carbocycles. The van der Waals surface area contributed by atoms with Crippen LogP contribution in [0.15, 0.2) is 36.4 Å². The van der Waals surface area contributed by atoms with Crippen molar-refractivity contribution in [3.8, 4) is 0 Å². The number of benzene rings is 2. The van der Waals surface area contributed by atoms with Gasteiger partial charge in [-0.05, 0) is 61.3 Å². The second-order valence-electron chi connectivity index (χ2n) is 4.52. The lowest BCUT2D eigenvalue weighted by Crippen LogP contribution is -2.14. The third-order valence-corrected chi connectivity index (χ3v) is 3.28. The van der Waals surface area contributed by atoms with Crippen molar-refractivity contribution in [2.75, 3.05) is 22.8 Å². The second kappa shape index (κ2) is 13.4. The minimum atomic E-state index is -2.66. The number of alkyl halides is 2. The zero-order chi connectivity index (χ0) is 32.7. The minimum Gasteiger partial charge on any atom is -0.398 e. The molecule has 0 atom stereocenters. The van der Waals surface area contributed by atoms with Gasteiger partial charge in [0.15, 0.2) is 0 Å². The van der Waals surface area contributed by atoms with Gasteiger partial charge in [-0.15, -0.1) is 23.2 Å². The number of carbonyl (C=O) groups is 2. The van der Waals surface area contributed by atoms with Gasteiger partial charge in [0, 0.05) is 27.8 Å². The normalized spacial score (nSPS) is 18.8. The van der Waals surface area contributed by atoms with E-state index in [1.54, 1.807) is 0 Å². The highest BCUT2D eigenvalue weighted by molar-refractivity contribution is 6.67. The molecule has 27 heavy (non-hydrogen) atoms. The van der Waals surface area contributed by atoms with Crippen LogP contribution < -0.4 is 11.1 Å². The first-order valence-corrected chi connectivity index (χ1v) is 8.38. The number of nitrogens with one attached hydrogen (secondary N) is 1. The first-order valence-electron chi connectivity index (χ1n) is 13.9. The van der Waals surface area contributed by atoms with Crippen molar-refractivity contribution in [2.45, 2.75) is 27.4 Å². The summed E-state index contributed by atoms with van der Waals surface area (Å²) >= 11 is 14.9. The minimum absolute atomic E-state index is 0.0957. The lowest BCUT2D eigenvalue weighted by atomic mass is 10.1. The standard InChI is InChI=1S/C10H12ClNO.C8H11N.C2H2Cl2O/c1-7-4-3-5-8(2)10(7)12-9(13)6-11;1-6-4-3-5-7(2)8(6)9;3-1-2(4)5/h3-5H,6H2,1-2H3,(H,12,13);3-5H,9H2,1-2H3;1H2/i2*1D3,2D3,3D;. The van der Waals surface area contributed by atoms with E-state index < -0.39 is 55.6 Å². The van der Waals surface area contributed by atoms with Crippen LogP contribution >= 0.6 is 34.8 Å². The molecule has 2 aromatic rings. The van der Waals surface area contributed by atoms with E-state index in [9.17, 15) is 9.59 Å². The Bertz CT molecular complexity index is 1160. The van der Waals surface area contributed by atoms with E-state index in [4.69, 9.17) is 59.7 Å². The Kier molecular flexibility index (Phi) is 5.05. The average Bonchev–Trinajstić information content (AvgIpc) is 2.79. The molecule has 4 nitrogen and oxygen atoms in total. The van der Waals surface area contributed by atoms with Crippen LogP contribution in [0.1, 0.15) is 41.4 Å². The highest BCUT2D eigenvalue weighted by atomic mass is 35.5. The van der Waals surface area contributed by atoms with Crippen LogP contribution in [0.5, 0.6) is 0 Å². The quantitative estimate of drug-likeness (QED) is 0.379. The molecule has 0 aliphatic heterocycles. The molecule has 0 saturated heterocycles. The molecule has 0 fully saturated rings. The van der Waals surface area contributed by atoms with Gasteiger partial charge in [0.2, 0.25) is 11.1 Å². The number of halogens is 3. The lowest BCUT2D eigenvalue weighted by Gasteiger charge is -2.09. The summed E-state index contributed by atoms with van der Waals surface area (Å²) in [5, 5.41) is 1.69. The topological polar surface area (TPSA) is 72.2 Å². The molecule has 0 radical (unpaired) electrons. The molecular weight excluding hydrogens is 407 g/mol. The summed E-state index contributed by atoms with van der Waals surface area (Å²) in [6.45, 7) is -10.3. The molecule has 0 unspecified atom stereocenters. The maximum Gasteiger partial charge on any atom is 0.239 e. The zero-order valence-electron chi connectivity index (χ0n) is 27.8. The van der Waals surface area contributed by atoms with Crippen molar-refractivity contribution >= 4 is 57.3 Å². The van der Waals surface area contributed by atoms with Gasteiger partial charge in [-0.25, -0.2) is 0 Å². The summed E-state index contributed by atoms with van der Waals surface area (Å²) in [6, 6.07) is 3.71. The smallest absolute Gasteiger partial charge is 0.239 e. The number of rotatable bonds is 3. The lowest BCUT2D eigenvalue weighted by molar-refractivity contribution is -0.114. The number of carbonyl (C=O) groups excluding carboxylic acids is 2. The largest absolute Gasteiger partial charge is 0.398 e. The molecule has 3 N–H and O–H groups in total. The predicted molar refractivity (Wildman–Crippen MR) is 117 cm³/mol. The fraction of sp³-hybridized carbons (Fsp3) is 0.300. The van der Waals surface area contributed by atoms with E-state index in [-0.39, 0.29) is 40.5 Å². The summed E-state index contributed by atoms with van der Waals surface area (Å²) in [7, 11) is 0. The summed E-state index contributed by atoms with van der Waals surface area (Å²) in [4.78, 5) is 20.8. The van der Waals surface area contributed by atoms with Gasteiger partial charge < -0.3 is 11.1 Å². The number of hydrogen-bond acceptors (Lipinski definition) is 3. The highest BCUT2D eigenvalue weighted by Gasteiger charge is 2.04. The Morgan fingerprint density at radius 3 is 1.70 bits per heavy atom. The molecule has 0 bridgehead atoms. The first-order chi connectivity index (χ1) is 18.3. The molecule has 0 aliphatic rings. The van der Waals surface area contributed by atoms with Gasteiger partial charge in [-0.1, -0.05) is 36.4 Å². The molecule has 0 heterocycles. The molecule has 148 valence electrons. The van der Waals surface area contributed by atoms with Crippen molar-refractivity contribution in [1.82, 2.24) is 0 Å². The van der Waals surface area contributed by atoms with Crippen LogP contribution in [-0.4, -0.2) is 22.9 Å². The average molecular weight is 446 g/mol. The van der Waals surface area contributed by atoms with Crippen molar-refractivity contribution < 1.29 is 28.8 Å². The Hall–Kier alpha value is -1.75. The SMILES string of the molecule is O=C(Cl)CCl.[2H]c1cc(C([2H])([2H])[2H])c(N)c(C([2H])([2H])[2H])c1.[2H]c1cc(C([2H])([2H])[2H])c(NC(=O)CCl)c(C([2H])([2H])[2H])c1. The van der Waals surface area contributed by atoms with Gasteiger partial charge in [-0.3, -0.25) is 9.59 Å². The Morgan fingerprint density at radius 1 is 0.963 bits per heavy atom. The monoisotopic (exact) mass is 444 g/mol. The molecule has 0 aromatic heterocycles. The number of nitrogen functional groups attached to an aromatic ring is 1. The van der Waals surface area contributed by atoms with Crippen molar-refractivity contribution in [3.63, 3.8) is 0 Å². The fourth-order valence-corrected chi connectivity index (χ4v) is 1.38. The maximum atomic E-state index is 11.4.